The number of methoxy groups -OCH3 is 1. The number of Topliss-reactive ketones (excluding diaryl/α,β-unsaturated/α-hetero) is 1. The summed E-state index contributed by atoms with van der Waals surface area (Å²) in [7, 11) is 1.64. The zero-order valence-corrected chi connectivity index (χ0v) is 17.9. The molecule has 0 radical (unpaired) electrons. The highest BCUT2D eigenvalue weighted by Crippen LogP contribution is 2.28. The number of fused-ring (bicyclic) bond motifs is 1. The Morgan fingerprint density at radius 1 is 1.18 bits per heavy atom. The number of rotatable bonds is 7. The van der Waals surface area contributed by atoms with E-state index in [1.165, 1.54) is 0 Å². The molecule has 0 saturated heterocycles. The molecule has 1 aromatic carbocycles. The number of carbonyl (C=O) groups excluding carboxylic acids is 2. The summed E-state index contributed by atoms with van der Waals surface area (Å²) in [6.45, 7) is 6.48. The van der Waals surface area contributed by atoms with Crippen molar-refractivity contribution < 1.29 is 23.5 Å². The third kappa shape index (κ3) is 3.91. The van der Waals surface area contributed by atoms with Crippen molar-refractivity contribution >= 4 is 38.7 Å². The molecule has 0 unspecified atom stereocenters. The first-order valence-electron chi connectivity index (χ1n) is 8.88. The molecular weight excluding hydrogens is 426 g/mol. The van der Waals surface area contributed by atoms with E-state index in [2.05, 4.69) is 15.9 Å². The van der Waals surface area contributed by atoms with E-state index >= 15 is 0 Å². The molecule has 0 aliphatic carbocycles. The summed E-state index contributed by atoms with van der Waals surface area (Å²) in [4.78, 5) is 25.0. The lowest BCUT2D eigenvalue weighted by Gasteiger charge is -2.09. The van der Waals surface area contributed by atoms with Gasteiger partial charge in [0, 0.05) is 46.0 Å². The summed E-state index contributed by atoms with van der Waals surface area (Å²) in [6, 6.07) is 7.31. The minimum Gasteiger partial charge on any atom is -0.451 e. The number of halogens is 1. The fourth-order valence-corrected chi connectivity index (χ4v) is 3.63. The summed E-state index contributed by atoms with van der Waals surface area (Å²) < 4.78 is 18.9. The van der Waals surface area contributed by atoms with Crippen LogP contribution in [0.4, 0.5) is 0 Å². The first kappa shape index (κ1) is 20.4. The molecule has 0 N–H and O–H groups in total. The number of esters is 1. The maximum absolute atomic E-state index is 12.6. The van der Waals surface area contributed by atoms with E-state index < -0.39 is 5.97 Å². The number of benzene rings is 1. The average Bonchev–Trinajstić information content (AvgIpc) is 3.14. The standard InChI is InChI=1S/C21H22BrNO5/c1-12-9-17(14(3)23(12)7-8-26-4)18(24)11-27-21(25)20-13(2)16-10-15(22)5-6-19(16)28-20/h5-6,9-10H,7-8,11H2,1-4H3. The molecule has 0 amide bonds. The smallest absolute Gasteiger partial charge is 0.375 e. The van der Waals surface area contributed by atoms with Crippen LogP contribution in [0.5, 0.6) is 0 Å². The summed E-state index contributed by atoms with van der Waals surface area (Å²) >= 11 is 3.41. The Morgan fingerprint density at radius 3 is 2.64 bits per heavy atom. The molecule has 148 valence electrons. The predicted octanol–water partition coefficient (Wildman–Crippen LogP) is 4.61. The van der Waals surface area contributed by atoms with Gasteiger partial charge in [0.1, 0.15) is 5.58 Å². The molecule has 2 heterocycles. The van der Waals surface area contributed by atoms with E-state index in [0.29, 0.717) is 29.9 Å². The van der Waals surface area contributed by atoms with Crippen LogP contribution in [0.15, 0.2) is 33.2 Å². The Balaban J connectivity index is 1.73. The highest BCUT2D eigenvalue weighted by Gasteiger charge is 2.22. The van der Waals surface area contributed by atoms with Gasteiger partial charge in [-0.05, 0) is 45.0 Å². The monoisotopic (exact) mass is 447 g/mol. The van der Waals surface area contributed by atoms with Gasteiger partial charge in [0.25, 0.3) is 0 Å². The van der Waals surface area contributed by atoms with Crippen molar-refractivity contribution in [3.8, 4) is 0 Å². The van der Waals surface area contributed by atoms with Crippen LogP contribution in [-0.2, 0) is 16.0 Å². The minimum absolute atomic E-state index is 0.117. The quantitative estimate of drug-likeness (QED) is 0.390. The Bertz CT molecular complexity index is 1050. The maximum Gasteiger partial charge on any atom is 0.375 e. The number of carbonyl (C=O) groups is 2. The maximum atomic E-state index is 12.6. The van der Waals surface area contributed by atoms with Crippen molar-refractivity contribution in [2.24, 2.45) is 0 Å². The second kappa shape index (κ2) is 8.32. The molecule has 0 fully saturated rings. The number of aromatic nitrogens is 1. The van der Waals surface area contributed by atoms with E-state index in [1.54, 1.807) is 20.1 Å². The first-order chi connectivity index (χ1) is 13.3. The SMILES string of the molecule is COCCn1c(C)cc(C(=O)COC(=O)c2oc3ccc(Br)cc3c2C)c1C. The Labute approximate surface area is 171 Å². The van der Waals surface area contributed by atoms with Crippen molar-refractivity contribution in [2.45, 2.75) is 27.3 Å². The van der Waals surface area contributed by atoms with Crippen LogP contribution in [0.3, 0.4) is 0 Å². The van der Waals surface area contributed by atoms with Gasteiger partial charge < -0.3 is 18.5 Å². The molecule has 0 aliphatic rings. The minimum atomic E-state index is -0.647. The van der Waals surface area contributed by atoms with Crippen LogP contribution < -0.4 is 0 Å². The van der Waals surface area contributed by atoms with E-state index in [4.69, 9.17) is 13.9 Å². The fraction of sp³-hybridized carbons (Fsp3) is 0.333. The third-order valence-electron chi connectivity index (χ3n) is 4.81. The van der Waals surface area contributed by atoms with Crippen LogP contribution in [0.1, 0.15) is 37.9 Å². The molecule has 28 heavy (non-hydrogen) atoms. The molecule has 6 nitrogen and oxygen atoms in total. The van der Waals surface area contributed by atoms with Gasteiger partial charge in [0.15, 0.2) is 6.61 Å². The lowest BCUT2D eigenvalue weighted by Crippen LogP contribution is -2.15. The van der Waals surface area contributed by atoms with Crippen LogP contribution in [0.2, 0.25) is 0 Å². The summed E-state index contributed by atoms with van der Waals surface area (Å²) in [5.74, 6) is -0.778. The predicted molar refractivity (Wildman–Crippen MR) is 109 cm³/mol. The molecular formula is C21H22BrNO5. The number of nitrogens with zero attached hydrogens (tertiary/aromatic N) is 1. The van der Waals surface area contributed by atoms with Crippen molar-refractivity contribution in [3.63, 3.8) is 0 Å². The first-order valence-corrected chi connectivity index (χ1v) is 9.67. The second-order valence-corrected chi connectivity index (χ2v) is 7.54. The van der Waals surface area contributed by atoms with E-state index in [0.717, 1.165) is 21.2 Å². The number of aryl methyl sites for hydroxylation is 2. The van der Waals surface area contributed by atoms with Gasteiger partial charge in [-0.15, -0.1) is 0 Å². The molecule has 2 aromatic heterocycles. The number of hydrogen-bond donors (Lipinski definition) is 0. The average molecular weight is 448 g/mol. The summed E-state index contributed by atoms with van der Waals surface area (Å²) in [6.07, 6.45) is 0. The second-order valence-electron chi connectivity index (χ2n) is 6.63. The summed E-state index contributed by atoms with van der Waals surface area (Å²) in [5, 5.41) is 0.828. The van der Waals surface area contributed by atoms with Gasteiger partial charge in [-0.25, -0.2) is 4.79 Å². The molecule has 7 heteroatoms. The Morgan fingerprint density at radius 2 is 1.93 bits per heavy atom. The normalized spacial score (nSPS) is 11.2. The number of furan rings is 1. The van der Waals surface area contributed by atoms with Crippen LogP contribution in [0.25, 0.3) is 11.0 Å². The van der Waals surface area contributed by atoms with Crippen molar-refractivity contribution in [1.82, 2.24) is 4.57 Å². The molecule has 0 atom stereocenters. The zero-order valence-electron chi connectivity index (χ0n) is 16.3. The Hall–Kier alpha value is -2.38. The number of hydrogen-bond acceptors (Lipinski definition) is 5. The van der Waals surface area contributed by atoms with Crippen molar-refractivity contribution in [1.29, 1.82) is 0 Å². The summed E-state index contributed by atoms with van der Waals surface area (Å²) in [5.41, 5.74) is 3.63. The lowest BCUT2D eigenvalue weighted by atomic mass is 10.1. The molecule has 0 bridgehead atoms. The van der Waals surface area contributed by atoms with Crippen LogP contribution in [-0.4, -0.2) is 36.6 Å². The van der Waals surface area contributed by atoms with Gasteiger partial charge in [-0.2, -0.15) is 0 Å². The van der Waals surface area contributed by atoms with Gasteiger partial charge in [-0.3, -0.25) is 4.79 Å². The number of ketones is 1. The fourth-order valence-electron chi connectivity index (χ4n) is 3.27. The van der Waals surface area contributed by atoms with Gasteiger partial charge in [-0.1, -0.05) is 15.9 Å². The number of ether oxygens (including phenoxy) is 2. The highest BCUT2D eigenvalue weighted by atomic mass is 79.9. The molecule has 0 saturated carbocycles. The lowest BCUT2D eigenvalue weighted by molar-refractivity contribution is 0.0445. The Kier molecular flexibility index (Phi) is 6.05. The van der Waals surface area contributed by atoms with Gasteiger partial charge in [0.05, 0.1) is 6.61 Å². The topological polar surface area (TPSA) is 70.7 Å². The zero-order chi connectivity index (χ0) is 20.4. The molecule has 3 aromatic rings. The van der Waals surface area contributed by atoms with E-state index in [-0.39, 0.29) is 18.2 Å². The van der Waals surface area contributed by atoms with Gasteiger partial charge >= 0.3 is 5.97 Å². The van der Waals surface area contributed by atoms with E-state index in [9.17, 15) is 9.59 Å². The third-order valence-corrected chi connectivity index (χ3v) is 5.30. The van der Waals surface area contributed by atoms with Gasteiger partial charge in [0.2, 0.25) is 11.5 Å². The van der Waals surface area contributed by atoms with Crippen LogP contribution in [0, 0.1) is 20.8 Å². The molecule has 3 rings (SSSR count). The van der Waals surface area contributed by atoms with Crippen LogP contribution >= 0.6 is 15.9 Å². The highest BCUT2D eigenvalue weighted by molar-refractivity contribution is 9.10. The van der Waals surface area contributed by atoms with E-state index in [1.807, 2.05) is 36.6 Å². The largest absolute Gasteiger partial charge is 0.451 e. The molecule has 0 spiro atoms. The van der Waals surface area contributed by atoms with Crippen molar-refractivity contribution in [2.75, 3.05) is 20.3 Å². The van der Waals surface area contributed by atoms with Crippen molar-refractivity contribution in [3.05, 3.63) is 57.0 Å². The molecule has 0 aliphatic heterocycles.